The van der Waals surface area contributed by atoms with Gasteiger partial charge in [-0.05, 0) is 28.4 Å². The van der Waals surface area contributed by atoms with Crippen LogP contribution >= 0.6 is 0 Å². The van der Waals surface area contributed by atoms with E-state index in [-0.39, 0.29) is 29.4 Å². The molecule has 22 heavy (non-hydrogen) atoms. The van der Waals surface area contributed by atoms with Gasteiger partial charge in [0, 0.05) is 17.9 Å². The van der Waals surface area contributed by atoms with Crippen LogP contribution in [0.1, 0.15) is 25.3 Å². The summed E-state index contributed by atoms with van der Waals surface area (Å²) in [5.74, 6) is -0.485. The van der Waals surface area contributed by atoms with E-state index in [0.29, 0.717) is 12.2 Å². The number of rotatable bonds is 5. The lowest BCUT2D eigenvalue weighted by molar-refractivity contribution is -0.135. The van der Waals surface area contributed by atoms with Crippen molar-refractivity contribution in [2.24, 2.45) is 0 Å². The standard InChI is InChI=1S/C17H20O4S/c1-2-21-17(19)16-15(18)11-7-13-22(16,20)12-6-10-14-8-4-3-5-9-14/h3-6,8-10H,2,7,11-13H2,1H3/b10-6+. The molecule has 1 unspecified atom stereocenters. The second kappa shape index (κ2) is 7.40. The summed E-state index contributed by atoms with van der Waals surface area (Å²) in [7, 11) is -2.67. The fourth-order valence-electron chi connectivity index (χ4n) is 2.42. The molecule has 0 spiro atoms. The predicted octanol–water partition coefficient (Wildman–Crippen LogP) is 2.08. The predicted molar refractivity (Wildman–Crippen MR) is 89.2 cm³/mol. The van der Waals surface area contributed by atoms with Crippen molar-refractivity contribution in [2.75, 3.05) is 18.1 Å². The highest BCUT2D eigenvalue weighted by Crippen LogP contribution is 2.14. The van der Waals surface area contributed by atoms with E-state index in [0.717, 1.165) is 5.56 Å². The quantitative estimate of drug-likeness (QED) is 0.615. The number of esters is 1. The molecule has 0 fully saturated rings. The lowest BCUT2D eigenvalue weighted by Crippen LogP contribution is -2.38. The van der Waals surface area contributed by atoms with Gasteiger partial charge in [0.05, 0.1) is 6.61 Å². The molecule has 0 aromatic heterocycles. The SMILES string of the molecule is CCOC(=O)C1=S(=O)(C/C=C/c2ccccc2)CCCC1=O. The lowest BCUT2D eigenvalue weighted by atomic mass is 10.2. The van der Waals surface area contributed by atoms with Crippen LogP contribution in [0.15, 0.2) is 36.4 Å². The number of hydrogen-bond acceptors (Lipinski definition) is 4. The zero-order valence-corrected chi connectivity index (χ0v) is 13.4. The number of ether oxygens (including phenoxy) is 1. The number of ketones is 1. The Morgan fingerprint density at radius 1 is 1.32 bits per heavy atom. The number of hydrogen-bond donors (Lipinski definition) is 0. The summed E-state index contributed by atoms with van der Waals surface area (Å²) in [5.41, 5.74) is 0.991. The second-order valence-corrected chi connectivity index (χ2v) is 7.85. The van der Waals surface area contributed by atoms with Crippen LogP contribution in [0, 0.1) is 0 Å². The molecule has 0 N–H and O–H groups in total. The average Bonchev–Trinajstić information content (AvgIpc) is 2.48. The van der Waals surface area contributed by atoms with Crippen molar-refractivity contribution in [1.29, 1.82) is 0 Å². The van der Waals surface area contributed by atoms with Gasteiger partial charge in [-0.1, -0.05) is 42.5 Å². The van der Waals surface area contributed by atoms with E-state index < -0.39 is 15.5 Å². The molecule has 1 atom stereocenters. The van der Waals surface area contributed by atoms with Gasteiger partial charge in [0.2, 0.25) is 0 Å². The van der Waals surface area contributed by atoms with E-state index in [4.69, 9.17) is 4.74 Å². The first-order valence-electron chi connectivity index (χ1n) is 7.35. The first-order chi connectivity index (χ1) is 10.6. The summed E-state index contributed by atoms with van der Waals surface area (Å²) in [6, 6.07) is 9.63. The van der Waals surface area contributed by atoms with Crippen LogP contribution in [0.2, 0.25) is 0 Å². The zero-order valence-electron chi connectivity index (χ0n) is 12.6. The van der Waals surface area contributed by atoms with Gasteiger partial charge in [-0.2, -0.15) is 0 Å². The Hall–Kier alpha value is -1.88. The number of benzene rings is 1. The van der Waals surface area contributed by atoms with Crippen LogP contribution in [-0.2, 0) is 23.8 Å². The number of carbonyl (C=O) groups is 2. The van der Waals surface area contributed by atoms with Crippen LogP contribution in [-0.4, -0.2) is 38.9 Å². The van der Waals surface area contributed by atoms with Crippen molar-refractivity contribution >= 4 is 32.2 Å². The van der Waals surface area contributed by atoms with Gasteiger partial charge in [-0.15, -0.1) is 0 Å². The van der Waals surface area contributed by atoms with E-state index >= 15 is 0 Å². The van der Waals surface area contributed by atoms with Crippen LogP contribution in [0.3, 0.4) is 0 Å². The maximum absolute atomic E-state index is 13.0. The van der Waals surface area contributed by atoms with Gasteiger partial charge >= 0.3 is 5.97 Å². The highest BCUT2D eigenvalue weighted by Gasteiger charge is 2.31. The molecular formula is C17H20O4S. The Kier molecular flexibility index (Phi) is 5.55. The monoisotopic (exact) mass is 320 g/mol. The normalized spacial score (nSPS) is 22.0. The van der Waals surface area contributed by atoms with Crippen molar-refractivity contribution in [1.82, 2.24) is 0 Å². The number of carbonyl (C=O) groups excluding carboxylic acids is 2. The zero-order chi connectivity index (χ0) is 16.0. The average molecular weight is 320 g/mol. The largest absolute Gasteiger partial charge is 0.462 e. The van der Waals surface area contributed by atoms with E-state index in [1.54, 1.807) is 13.0 Å². The van der Waals surface area contributed by atoms with E-state index in [1.165, 1.54) is 0 Å². The summed E-state index contributed by atoms with van der Waals surface area (Å²) in [6.07, 6.45) is 4.46. The van der Waals surface area contributed by atoms with Gasteiger partial charge in [0.15, 0.2) is 10.6 Å². The second-order valence-electron chi connectivity index (χ2n) is 5.07. The first-order valence-corrected chi connectivity index (χ1v) is 9.25. The minimum Gasteiger partial charge on any atom is -0.462 e. The van der Waals surface area contributed by atoms with E-state index in [1.807, 2.05) is 36.4 Å². The molecule has 2 rings (SSSR count). The van der Waals surface area contributed by atoms with E-state index in [2.05, 4.69) is 0 Å². The lowest BCUT2D eigenvalue weighted by Gasteiger charge is -2.19. The van der Waals surface area contributed by atoms with Crippen LogP contribution in [0.4, 0.5) is 0 Å². The fraction of sp³-hybridized carbons (Fsp3) is 0.353. The summed E-state index contributed by atoms with van der Waals surface area (Å²) < 4.78 is 18.0. The van der Waals surface area contributed by atoms with Crippen LogP contribution in [0.25, 0.3) is 6.08 Å². The molecular weight excluding hydrogens is 300 g/mol. The maximum Gasteiger partial charge on any atom is 0.349 e. The Morgan fingerprint density at radius 2 is 2.05 bits per heavy atom. The van der Waals surface area contributed by atoms with Crippen molar-refractivity contribution in [2.45, 2.75) is 19.8 Å². The molecule has 0 amide bonds. The molecule has 1 aliphatic rings. The molecule has 0 saturated heterocycles. The first kappa shape index (κ1) is 16.5. The molecule has 0 aliphatic carbocycles. The van der Waals surface area contributed by atoms with Crippen LogP contribution < -0.4 is 0 Å². The minimum atomic E-state index is -2.67. The molecule has 1 aromatic rings. The Balaban J connectivity index is 2.28. The smallest absolute Gasteiger partial charge is 0.349 e. The van der Waals surface area contributed by atoms with Crippen LogP contribution in [0.5, 0.6) is 0 Å². The van der Waals surface area contributed by atoms with E-state index in [9.17, 15) is 13.8 Å². The Labute approximate surface area is 131 Å². The molecule has 0 radical (unpaired) electrons. The van der Waals surface area contributed by atoms with Crippen molar-refractivity contribution in [3.05, 3.63) is 42.0 Å². The third-order valence-electron chi connectivity index (χ3n) is 3.44. The third kappa shape index (κ3) is 3.85. The third-order valence-corrected chi connectivity index (χ3v) is 6.26. The maximum atomic E-state index is 13.0. The molecule has 1 aromatic carbocycles. The van der Waals surface area contributed by atoms with Gasteiger partial charge in [-0.25, -0.2) is 4.79 Å². The fourth-order valence-corrected chi connectivity index (χ4v) is 4.86. The molecule has 0 bridgehead atoms. The highest BCUT2D eigenvalue weighted by atomic mass is 32.2. The van der Waals surface area contributed by atoms with Crippen molar-refractivity contribution in [3.63, 3.8) is 0 Å². The molecule has 1 aliphatic heterocycles. The summed E-state index contributed by atoms with van der Waals surface area (Å²) in [6.45, 7) is 1.84. The topological polar surface area (TPSA) is 60.4 Å². The molecule has 4 nitrogen and oxygen atoms in total. The summed E-state index contributed by atoms with van der Waals surface area (Å²) in [4.78, 5) is 23.9. The summed E-state index contributed by atoms with van der Waals surface area (Å²) >= 11 is 0. The molecule has 118 valence electrons. The Bertz CT molecular complexity index is 695. The molecule has 5 heteroatoms. The molecule has 1 heterocycles. The highest BCUT2D eigenvalue weighted by molar-refractivity contribution is 8.05. The summed E-state index contributed by atoms with van der Waals surface area (Å²) in [5, 5.41) is 0. The van der Waals surface area contributed by atoms with Gasteiger partial charge in [-0.3, -0.25) is 9.00 Å². The Morgan fingerprint density at radius 3 is 2.73 bits per heavy atom. The molecule has 0 saturated carbocycles. The number of Topliss-reactive ketones (excluding diaryl/α,β-unsaturated/α-hetero) is 1. The van der Waals surface area contributed by atoms with Gasteiger partial charge < -0.3 is 4.74 Å². The van der Waals surface area contributed by atoms with Crippen molar-refractivity contribution in [3.8, 4) is 0 Å². The van der Waals surface area contributed by atoms with Crippen molar-refractivity contribution < 1.29 is 18.5 Å². The minimum absolute atomic E-state index is 0.127. The van der Waals surface area contributed by atoms with Gasteiger partial charge in [0.1, 0.15) is 0 Å². The van der Waals surface area contributed by atoms with Gasteiger partial charge in [0.25, 0.3) is 0 Å².